The summed E-state index contributed by atoms with van der Waals surface area (Å²) in [7, 11) is 1.50. The molecule has 0 bridgehead atoms. The molecule has 0 saturated carbocycles. The summed E-state index contributed by atoms with van der Waals surface area (Å²) in [6.07, 6.45) is -4.80. The Morgan fingerprint density at radius 2 is 1.83 bits per heavy atom. The molecule has 0 radical (unpaired) electrons. The van der Waals surface area contributed by atoms with Crippen LogP contribution in [0.2, 0.25) is 0 Å². The van der Waals surface area contributed by atoms with Crippen molar-refractivity contribution in [1.82, 2.24) is 0 Å². The SMILES string of the molecule is CN.O=C(O)C1CC(=O)N(c2ccc(OCc3cccc(OC(F)(F)F)c3)cc2)C1. The molecule has 1 atom stereocenters. The molecule has 0 aromatic heterocycles. The van der Waals surface area contributed by atoms with Crippen molar-refractivity contribution in [2.45, 2.75) is 19.4 Å². The molecule has 2 aromatic rings. The number of carboxylic acid groups (broad SMARTS) is 1. The summed E-state index contributed by atoms with van der Waals surface area (Å²) in [4.78, 5) is 24.4. The molecule has 1 heterocycles. The van der Waals surface area contributed by atoms with E-state index in [9.17, 15) is 22.8 Å². The van der Waals surface area contributed by atoms with E-state index in [1.165, 1.54) is 30.1 Å². The van der Waals surface area contributed by atoms with Crippen LogP contribution in [0.1, 0.15) is 12.0 Å². The van der Waals surface area contributed by atoms with Crippen molar-refractivity contribution in [2.24, 2.45) is 11.7 Å². The first kappa shape index (κ1) is 23.0. The highest BCUT2D eigenvalue weighted by Crippen LogP contribution is 2.28. The first-order chi connectivity index (χ1) is 14.2. The number of carboxylic acids is 1. The predicted molar refractivity (Wildman–Crippen MR) is 102 cm³/mol. The van der Waals surface area contributed by atoms with Gasteiger partial charge in [0.1, 0.15) is 18.1 Å². The zero-order chi connectivity index (χ0) is 22.3. The molecule has 0 spiro atoms. The van der Waals surface area contributed by atoms with E-state index >= 15 is 0 Å². The van der Waals surface area contributed by atoms with Gasteiger partial charge in [-0.2, -0.15) is 0 Å². The maximum absolute atomic E-state index is 12.3. The molecule has 3 rings (SSSR count). The van der Waals surface area contributed by atoms with Gasteiger partial charge in [0.05, 0.1) is 5.92 Å². The van der Waals surface area contributed by atoms with Crippen molar-refractivity contribution in [3.8, 4) is 11.5 Å². The third-order valence-corrected chi connectivity index (χ3v) is 4.16. The third-order valence-electron chi connectivity index (χ3n) is 4.16. The van der Waals surface area contributed by atoms with E-state index in [0.717, 1.165) is 0 Å². The Morgan fingerprint density at radius 1 is 1.17 bits per heavy atom. The second kappa shape index (κ2) is 9.97. The predicted octanol–water partition coefficient (Wildman–Crippen LogP) is 3.18. The molecule has 1 saturated heterocycles. The number of nitrogens with zero attached hydrogens (tertiary/aromatic N) is 1. The lowest BCUT2D eigenvalue weighted by molar-refractivity contribution is -0.274. The van der Waals surface area contributed by atoms with Gasteiger partial charge in [0, 0.05) is 18.7 Å². The van der Waals surface area contributed by atoms with Crippen molar-refractivity contribution in [3.05, 3.63) is 54.1 Å². The molecule has 1 fully saturated rings. The Morgan fingerprint density at radius 3 is 2.40 bits per heavy atom. The van der Waals surface area contributed by atoms with Gasteiger partial charge in [0.15, 0.2) is 0 Å². The molecule has 1 aliphatic heterocycles. The Hall–Kier alpha value is -3.27. The van der Waals surface area contributed by atoms with Crippen LogP contribution in [0.5, 0.6) is 11.5 Å². The molecule has 10 heteroatoms. The maximum atomic E-state index is 12.3. The number of hydrogen-bond acceptors (Lipinski definition) is 5. The van der Waals surface area contributed by atoms with E-state index in [1.807, 2.05) is 0 Å². The van der Waals surface area contributed by atoms with Crippen LogP contribution in [-0.4, -0.2) is 36.9 Å². The monoisotopic (exact) mass is 426 g/mol. The Labute approximate surface area is 170 Å². The molecule has 2 aromatic carbocycles. The Balaban J connectivity index is 0.00000155. The summed E-state index contributed by atoms with van der Waals surface area (Å²) < 4.78 is 46.2. The molecule has 0 aliphatic carbocycles. The minimum Gasteiger partial charge on any atom is -0.489 e. The van der Waals surface area contributed by atoms with Crippen molar-refractivity contribution < 1.29 is 37.3 Å². The number of rotatable bonds is 6. The number of carbonyl (C=O) groups excluding carboxylic acids is 1. The average Bonchev–Trinajstić information content (AvgIpc) is 3.09. The lowest BCUT2D eigenvalue weighted by Crippen LogP contribution is -2.25. The number of halogens is 3. The zero-order valence-electron chi connectivity index (χ0n) is 16.1. The third kappa shape index (κ3) is 6.38. The summed E-state index contributed by atoms with van der Waals surface area (Å²) in [5.74, 6) is -1.87. The molecule has 3 N–H and O–H groups in total. The average molecular weight is 426 g/mol. The number of carbonyl (C=O) groups is 2. The molecule has 7 nitrogen and oxygen atoms in total. The van der Waals surface area contributed by atoms with E-state index in [2.05, 4.69) is 10.5 Å². The fourth-order valence-corrected chi connectivity index (χ4v) is 2.84. The fraction of sp³-hybridized carbons (Fsp3) is 0.300. The maximum Gasteiger partial charge on any atom is 0.573 e. The molecule has 162 valence electrons. The second-order valence-electron chi connectivity index (χ2n) is 6.22. The number of ether oxygens (including phenoxy) is 2. The fourth-order valence-electron chi connectivity index (χ4n) is 2.84. The topological polar surface area (TPSA) is 102 Å². The summed E-state index contributed by atoms with van der Waals surface area (Å²) >= 11 is 0. The second-order valence-corrected chi connectivity index (χ2v) is 6.22. The lowest BCUT2D eigenvalue weighted by atomic mass is 10.1. The van der Waals surface area contributed by atoms with E-state index in [0.29, 0.717) is 17.0 Å². The number of alkyl halides is 3. The van der Waals surface area contributed by atoms with Crippen LogP contribution in [-0.2, 0) is 16.2 Å². The van der Waals surface area contributed by atoms with Crippen LogP contribution in [0.25, 0.3) is 0 Å². The number of benzene rings is 2. The lowest BCUT2D eigenvalue weighted by Gasteiger charge is -2.16. The van der Waals surface area contributed by atoms with Gasteiger partial charge in [0.25, 0.3) is 0 Å². The van der Waals surface area contributed by atoms with Crippen LogP contribution < -0.4 is 20.1 Å². The van der Waals surface area contributed by atoms with E-state index in [4.69, 9.17) is 9.84 Å². The standard InChI is InChI=1S/C19H16F3NO5.CH5N/c20-19(21,22)28-16-3-1-2-12(8-16)11-27-15-6-4-14(5-7-15)23-10-13(18(25)26)9-17(23)24;1-2/h1-8,13H,9-11H2,(H,25,26);2H2,1H3. The van der Waals surface area contributed by atoms with Gasteiger partial charge < -0.3 is 25.2 Å². The van der Waals surface area contributed by atoms with E-state index in [1.54, 1.807) is 30.3 Å². The van der Waals surface area contributed by atoms with Crippen molar-refractivity contribution in [2.75, 3.05) is 18.5 Å². The summed E-state index contributed by atoms with van der Waals surface area (Å²) in [6.45, 7) is 0.137. The van der Waals surface area contributed by atoms with Crippen molar-refractivity contribution in [1.29, 1.82) is 0 Å². The smallest absolute Gasteiger partial charge is 0.489 e. The van der Waals surface area contributed by atoms with Crippen LogP contribution in [0.15, 0.2) is 48.5 Å². The summed E-state index contributed by atoms with van der Waals surface area (Å²) in [5.41, 5.74) is 5.55. The highest BCUT2D eigenvalue weighted by molar-refractivity contribution is 5.99. The van der Waals surface area contributed by atoms with Gasteiger partial charge in [-0.05, 0) is 49.0 Å². The number of anilines is 1. The summed E-state index contributed by atoms with van der Waals surface area (Å²) in [6, 6.07) is 11.9. The Bertz CT molecular complexity index is 871. The normalized spacial score (nSPS) is 16.0. The molecule has 1 aliphatic rings. The van der Waals surface area contributed by atoms with Gasteiger partial charge in [-0.15, -0.1) is 13.2 Å². The van der Waals surface area contributed by atoms with Gasteiger partial charge >= 0.3 is 12.3 Å². The first-order valence-corrected chi connectivity index (χ1v) is 8.90. The molecule has 30 heavy (non-hydrogen) atoms. The molecular formula is C20H21F3N2O5. The summed E-state index contributed by atoms with van der Waals surface area (Å²) in [5, 5.41) is 9.03. The number of hydrogen-bond donors (Lipinski definition) is 2. The molecule has 1 unspecified atom stereocenters. The highest BCUT2D eigenvalue weighted by atomic mass is 19.4. The van der Waals surface area contributed by atoms with Crippen LogP contribution in [0.4, 0.5) is 18.9 Å². The molecule has 1 amide bonds. The number of nitrogens with two attached hydrogens (primary N) is 1. The number of aliphatic carboxylic acids is 1. The van der Waals surface area contributed by atoms with Crippen molar-refractivity contribution >= 4 is 17.6 Å². The quantitative estimate of drug-likeness (QED) is 0.736. The van der Waals surface area contributed by atoms with Crippen LogP contribution in [0.3, 0.4) is 0 Å². The molecular weight excluding hydrogens is 405 g/mol. The van der Waals surface area contributed by atoms with Gasteiger partial charge in [0.2, 0.25) is 5.91 Å². The Kier molecular flexibility index (Phi) is 7.65. The minimum absolute atomic E-state index is 0.0259. The minimum atomic E-state index is -4.76. The van der Waals surface area contributed by atoms with Gasteiger partial charge in [-0.1, -0.05) is 12.1 Å². The van der Waals surface area contributed by atoms with E-state index in [-0.39, 0.29) is 31.2 Å². The van der Waals surface area contributed by atoms with Crippen LogP contribution in [0, 0.1) is 5.92 Å². The van der Waals surface area contributed by atoms with Crippen molar-refractivity contribution in [3.63, 3.8) is 0 Å². The first-order valence-electron chi connectivity index (χ1n) is 8.90. The van der Waals surface area contributed by atoms with Gasteiger partial charge in [-0.3, -0.25) is 9.59 Å². The van der Waals surface area contributed by atoms with Gasteiger partial charge in [-0.25, -0.2) is 0 Å². The highest BCUT2D eigenvalue weighted by Gasteiger charge is 2.35. The van der Waals surface area contributed by atoms with E-state index < -0.39 is 18.2 Å². The van der Waals surface area contributed by atoms with Crippen LogP contribution >= 0.6 is 0 Å². The number of amides is 1. The largest absolute Gasteiger partial charge is 0.573 e. The zero-order valence-corrected chi connectivity index (χ0v) is 16.1.